The molecule has 1 unspecified atom stereocenters. The van der Waals surface area contributed by atoms with Gasteiger partial charge in [0.1, 0.15) is 5.75 Å². The number of benzene rings is 1. The van der Waals surface area contributed by atoms with Crippen LogP contribution in [0.1, 0.15) is 52.0 Å². The number of piperidine rings is 1. The molecule has 1 heterocycles. The van der Waals surface area contributed by atoms with Crippen LogP contribution in [0.15, 0.2) is 24.3 Å². The summed E-state index contributed by atoms with van der Waals surface area (Å²) in [5.41, 5.74) is 1.07. The van der Waals surface area contributed by atoms with Crippen LogP contribution in [0.25, 0.3) is 0 Å². The van der Waals surface area contributed by atoms with Crippen molar-refractivity contribution in [1.29, 1.82) is 0 Å². The molecule has 1 fully saturated rings. The largest absolute Gasteiger partial charge is 0.493 e. The molecule has 0 radical (unpaired) electrons. The highest BCUT2D eigenvalue weighted by atomic mass is 16.5. The van der Waals surface area contributed by atoms with Gasteiger partial charge in [-0.2, -0.15) is 0 Å². The van der Waals surface area contributed by atoms with E-state index in [9.17, 15) is 4.79 Å². The fourth-order valence-electron chi connectivity index (χ4n) is 3.36. The van der Waals surface area contributed by atoms with Crippen molar-refractivity contribution >= 4 is 6.03 Å². The minimum Gasteiger partial charge on any atom is -0.493 e. The second kappa shape index (κ2) is 11.9. The van der Waals surface area contributed by atoms with Crippen molar-refractivity contribution in [3.63, 3.8) is 0 Å². The van der Waals surface area contributed by atoms with Gasteiger partial charge in [-0.15, -0.1) is 0 Å². The monoisotopic (exact) mass is 375 g/mol. The molecule has 2 amide bonds. The van der Waals surface area contributed by atoms with Gasteiger partial charge in [0.15, 0.2) is 0 Å². The summed E-state index contributed by atoms with van der Waals surface area (Å²) in [6, 6.07) is 7.81. The smallest absolute Gasteiger partial charge is 0.315 e. The lowest BCUT2D eigenvalue weighted by atomic mass is 10.0. The molecular weight excluding hydrogens is 338 g/mol. The van der Waals surface area contributed by atoms with Crippen molar-refractivity contribution in [1.82, 2.24) is 15.5 Å². The number of rotatable bonds is 10. The molecule has 2 N–H and O–H groups in total. The van der Waals surface area contributed by atoms with E-state index in [1.165, 1.54) is 25.9 Å². The highest BCUT2D eigenvalue weighted by Gasteiger charge is 2.15. The Balaban J connectivity index is 1.53. The maximum Gasteiger partial charge on any atom is 0.315 e. The van der Waals surface area contributed by atoms with E-state index in [1.54, 1.807) is 0 Å². The van der Waals surface area contributed by atoms with E-state index in [4.69, 9.17) is 4.74 Å². The van der Waals surface area contributed by atoms with Gasteiger partial charge in [-0.25, -0.2) is 4.79 Å². The van der Waals surface area contributed by atoms with E-state index < -0.39 is 0 Å². The molecule has 0 saturated carbocycles. The fourth-order valence-corrected chi connectivity index (χ4v) is 3.36. The van der Waals surface area contributed by atoms with Gasteiger partial charge in [-0.3, -0.25) is 0 Å². The molecule has 1 aliphatic rings. The normalized spacial score (nSPS) is 17.7. The molecule has 0 aliphatic carbocycles. The van der Waals surface area contributed by atoms with Crippen molar-refractivity contribution < 1.29 is 9.53 Å². The molecule has 5 heteroatoms. The Bertz CT molecular complexity index is 545. The average molecular weight is 376 g/mol. The summed E-state index contributed by atoms with van der Waals surface area (Å²) in [4.78, 5) is 14.5. The molecule has 5 nitrogen and oxygen atoms in total. The summed E-state index contributed by atoms with van der Waals surface area (Å²) < 4.78 is 5.67. The molecule has 2 rings (SSSR count). The van der Waals surface area contributed by atoms with Gasteiger partial charge in [-0.1, -0.05) is 32.9 Å². The quantitative estimate of drug-likeness (QED) is 0.607. The van der Waals surface area contributed by atoms with Gasteiger partial charge in [0.2, 0.25) is 0 Å². The Morgan fingerprint density at radius 2 is 2.00 bits per heavy atom. The third-order valence-corrected chi connectivity index (χ3v) is 4.89. The first-order chi connectivity index (χ1) is 13.0. The lowest BCUT2D eigenvalue weighted by Crippen LogP contribution is -2.37. The zero-order valence-corrected chi connectivity index (χ0v) is 17.3. The van der Waals surface area contributed by atoms with E-state index in [-0.39, 0.29) is 6.03 Å². The molecular formula is C22H37N3O2. The third-order valence-electron chi connectivity index (χ3n) is 4.89. The van der Waals surface area contributed by atoms with Crippen molar-refractivity contribution in [2.45, 2.75) is 53.0 Å². The predicted molar refractivity (Wildman–Crippen MR) is 111 cm³/mol. The number of nitrogens with zero attached hydrogens (tertiary/aromatic N) is 1. The number of urea groups is 1. The zero-order chi connectivity index (χ0) is 19.5. The predicted octanol–water partition coefficient (Wildman–Crippen LogP) is 4.03. The maximum absolute atomic E-state index is 11.9. The molecule has 27 heavy (non-hydrogen) atoms. The first kappa shape index (κ1) is 21.5. The Labute approximate surface area is 164 Å². The number of unbranched alkanes of at least 4 members (excludes halogenated alkanes) is 1. The van der Waals surface area contributed by atoms with Gasteiger partial charge >= 0.3 is 6.03 Å². The van der Waals surface area contributed by atoms with Crippen LogP contribution in [-0.4, -0.2) is 43.7 Å². The van der Waals surface area contributed by atoms with E-state index in [0.29, 0.717) is 12.5 Å². The number of carbonyl (C=O) groups is 1. The third kappa shape index (κ3) is 9.14. The van der Waals surface area contributed by atoms with Crippen LogP contribution >= 0.6 is 0 Å². The molecule has 0 aromatic heterocycles. The topological polar surface area (TPSA) is 53.6 Å². The molecule has 0 bridgehead atoms. The summed E-state index contributed by atoms with van der Waals surface area (Å²) in [6.45, 7) is 12.2. The van der Waals surface area contributed by atoms with Gasteiger partial charge < -0.3 is 20.3 Å². The van der Waals surface area contributed by atoms with Crippen LogP contribution in [0.5, 0.6) is 5.75 Å². The number of amides is 2. The summed E-state index contributed by atoms with van der Waals surface area (Å²) in [7, 11) is 0. The maximum atomic E-state index is 11.9. The second-order valence-corrected chi connectivity index (χ2v) is 8.21. The van der Waals surface area contributed by atoms with Crippen LogP contribution < -0.4 is 15.4 Å². The molecule has 1 atom stereocenters. The van der Waals surface area contributed by atoms with Crippen molar-refractivity contribution in [2.75, 3.05) is 32.8 Å². The number of nitrogens with one attached hydrogen (secondary N) is 2. The first-order valence-electron chi connectivity index (χ1n) is 10.5. The number of hydrogen-bond acceptors (Lipinski definition) is 3. The van der Waals surface area contributed by atoms with E-state index in [0.717, 1.165) is 49.8 Å². The first-order valence-corrected chi connectivity index (χ1v) is 10.5. The van der Waals surface area contributed by atoms with Crippen molar-refractivity contribution in [3.8, 4) is 5.75 Å². The van der Waals surface area contributed by atoms with Gasteiger partial charge in [-0.05, 0) is 68.3 Å². The van der Waals surface area contributed by atoms with Gasteiger partial charge in [0.25, 0.3) is 0 Å². The highest BCUT2D eigenvalue weighted by Crippen LogP contribution is 2.15. The lowest BCUT2D eigenvalue weighted by molar-refractivity contribution is 0.181. The number of likely N-dealkylation sites (tertiary alicyclic amines) is 1. The highest BCUT2D eigenvalue weighted by molar-refractivity contribution is 5.73. The van der Waals surface area contributed by atoms with Crippen LogP contribution in [0.2, 0.25) is 0 Å². The van der Waals surface area contributed by atoms with Gasteiger partial charge in [0.05, 0.1) is 6.61 Å². The lowest BCUT2D eigenvalue weighted by Gasteiger charge is -2.30. The molecule has 1 aromatic rings. The molecule has 1 aromatic carbocycles. The molecule has 152 valence electrons. The zero-order valence-electron chi connectivity index (χ0n) is 17.3. The molecule has 0 spiro atoms. The summed E-state index contributed by atoms with van der Waals surface area (Å²) in [6.07, 6.45) is 4.86. The summed E-state index contributed by atoms with van der Waals surface area (Å²) in [5.74, 6) is 2.22. The van der Waals surface area contributed by atoms with E-state index >= 15 is 0 Å². The SMILES string of the molecule is CC(C)COc1ccc(CNC(=O)NCCCCN2CCCC(C)C2)cc1. The average Bonchev–Trinajstić information content (AvgIpc) is 2.65. The van der Waals surface area contributed by atoms with Gasteiger partial charge in [0, 0.05) is 19.6 Å². The summed E-state index contributed by atoms with van der Waals surface area (Å²) >= 11 is 0. The minimum atomic E-state index is -0.0956. The van der Waals surface area contributed by atoms with Crippen molar-refractivity contribution in [3.05, 3.63) is 29.8 Å². The van der Waals surface area contributed by atoms with E-state index in [1.807, 2.05) is 24.3 Å². The molecule has 1 saturated heterocycles. The minimum absolute atomic E-state index is 0.0956. The Morgan fingerprint density at radius 3 is 2.70 bits per heavy atom. The van der Waals surface area contributed by atoms with Crippen molar-refractivity contribution in [2.24, 2.45) is 11.8 Å². The van der Waals surface area contributed by atoms with Crippen LogP contribution in [0.4, 0.5) is 4.79 Å². The Kier molecular flexibility index (Phi) is 9.46. The number of hydrogen-bond donors (Lipinski definition) is 2. The molecule has 1 aliphatic heterocycles. The van der Waals surface area contributed by atoms with E-state index in [2.05, 4.69) is 36.3 Å². The Hall–Kier alpha value is -1.75. The van der Waals surface area contributed by atoms with Crippen LogP contribution in [0.3, 0.4) is 0 Å². The number of ether oxygens (including phenoxy) is 1. The second-order valence-electron chi connectivity index (χ2n) is 8.21. The fraction of sp³-hybridized carbons (Fsp3) is 0.682. The Morgan fingerprint density at radius 1 is 1.22 bits per heavy atom. The van der Waals surface area contributed by atoms with Crippen LogP contribution in [0, 0.1) is 11.8 Å². The van der Waals surface area contributed by atoms with Crippen LogP contribution in [-0.2, 0) is 6.54 Å². The number of carbonyl (C=O) groups excluding carboxylic acids is 1. The summed E-state index contributed by atoms with van der Waals surface area (Å²) in [5, 5.41) is 5.86. The standard InChI is InChI=1S/C22H37N3O2/c1-18(2)17-27-21-10-8-20(9-11-21)15-24-22(26)23-12-4-5-13-25-14-6-7-19(3)16-25/h8-11,18-19H,4-7,12-17H2,1-3H3,(H2,23,24,26).